The fourth-order valence-corrected chi connectivity index (χ4v) is 1.22. The summed E-state index contributed by atoms with van der Waals surface area (Å²) >= 11 is 0. The third kappa shape index (κ3) is 4.51. The second kappa shape index (κ2) is 6.23. The first-order chi connectivity index (χ1) is 8.49. The Morgan fingerprint density at radius 1 is 1.44 bits per heavy atom. The maximum atomic E-state index is 11.6. The van der Waals surface area contributed by atoms with Crippen LogP contribution < -0.4 is 11.1 Å². The van der Waals surface area contributed by atoms with Crippen LogP contribution in [-0.4, -0.2) is 51.0 Å². The third-order valence-electron chi connectivity index (χ3n) is 1.92. The number of aliphatic carboxylic acids is 1. The molecule has 5 N–H and O–H groups in total. The van der Waals surface area contributed by atoms with Crippen LogP contribution in [0.5, 0.6) is 0 Å². The smallest absolute Gasteiger partial charge is 0.323 e. The van der Waals surface area contributed by atoms with E-state index in [0.29, 0.717) is 5.82 Å². The summed E-state index contributed by atoms with van der Waals surface area (Å²) in [6.07, 6.45) is 3.10. The Bertz CT molecular complexity index is 414. The maximum absolute atomic E-state index is 11.6. The number of hydrogen-bond donors (Lipinski definition) is 4. The first-order valence-electron chi connectivity index (χ1n) is 5.00. The van der Waals surface area contributed by atoms with Crippen LogP contribution in [0.2, 0.25) is 0 Å². The van der Waals surface area contributed by atoms with Crippen molar-refractivity contribution in [3.8, 4) is 0 Å². The molecule has 0 saturated carbocycles. The molecule has 0 aliphatic heterocycles. The summed E-state index contributed by atoms with van der Waals surface area (Å²) in [5, 5.41) is 11.0. The fraction of sp³-hybridized carbons (Fsp3) is 0.333. The molecule has 0 bridgehead atoms. The highest BCUT2D eigenvalue weighted by atomic mass is 16.4. The molecule has 1 aromatic heterocycles. The molecular weight excluding hydrogens is 242 g/mol. The number of hydrogen-bond acceptors (Lipinski definition) is 4. The summed E-state index contributed by atoms with van der Waals surface area (Å²) in [5.41, 5.74) is 4.93. The fourth-order valence-electron chi connectivity index (χ4n) is 1.22. The summed E-state index contributed by atoms with van der Waals surface area (Å²) in [5.74, 6) is -1.51. The first-order valence-corrected chi connectivity index (χ1v) is 5.00. The third-order valence-corrected chi connectivity index (χ3v) is 1.92. The number of aromatic nitrogens is 2. The van der Waals surface area contributed by atoms with Gasteiger partial charge in [0.15, 0.2) is 0 Å². The SMILES string of the molecule is NC(=O)CN(CC(=O)O)C(=O)NCc1ncc[nH]1. The molecule has 9 nitrogen and oxygen atoms in total. The number of imidazole rings is 1. The highest BCUT2D eigenvalue weighted by Crippen LogP contribution is 1.92. The molecule has 0 aromatic carbocycles. The Morgan fingerprint density at radius 3 is 2.67 bits per heavy atom. The zero-order chi connectivity index (χ0) is 13.5. The first kappa shape index (κ1) is 13.5. The van der Waals surface area contributed by atoms with Crippen LogP contribution in [0.25, 0.3) is 0 Å². The van der Waals surface area contributed by atoms with Gasteiger partial charge in [0.1, 0.15) is 18.9 Å². The summed E-state index contributed by atoms with van der Waals surface area (Å²) < 4.78 is 0. The lowest BCUT2D eigenvalue weighted by Gasteiger charge is -2.19. The number of primary amides is 1. The minimum Gasteiger partial charge on any atom is -0.480 e. The Hall–Kier alpha value is -2.58. The Balaban J connectivity index is 2.52. The lowest BCUT2D eigenvalue weighted by atomic mass is 10.4. The van der Waals surface area contributed by atoms with Gasteiger partial charge in [-0.15, -0.1) is 0 Å². The molecule has 0 saturated heterocycles. The van der Waals surface area contributed by atoms with E-state index in [2.05, 4.69) is 15.3 Å². The van der Waals surface area contributed by atoms with Gasteiger partial charge in [-0.1, -0.05) is 0 Å². The number of H-pyrrole nitrogens is 1. The van der Waals surface area contributed by atoms with Crippen molar-refractivity contribution in [2.75, 3.05) is 13.1 Å². The second-order valence-electron chi connectivity index (χ2n) is 3.41. The van der Waals surface area contributed by atoms with Gasteiger partial charge >= 0.3 is 12.0 Å². The molecule has 18 heavy (non-hydrogen) atoms. The van der Waals surface area contributed by atoms with Crippen LogP contribution in [-0.2, 0) is 16.1 Å². The zero-order valence-electron chi connectivity index (χ0n) is 9.42. The average molecular weight is 255 g/mol. The molecule has 0 unspecified atom stereocenters. The van der Waals surface area contributed by atoms with Gasteiger partial charge in [-0.2, -0.15) is 0 Å². The van der Waals surface area contributed by atoms with Crippen LogP contribution >= 0.6 is 0 Å². The number of carboxylic acid groups (broad SMARTS) is 1. The number of carboxylic acids is 1. The van der Waals surface area contributed by atoms with E-state index < -0.39 is 31.0 Å². The molecule has 0 spiro atoms. The number of urea groups is 1. The molecule has 0 radical (unpaired) electrons. The maximum Gasteiger partial charge on any atom is 0.323 e. The van der Waals surface area contributed by atoms with Gasteiger partial charge in [0, 0.05) is 12.4 Å². The van der Waals surface area contributed by atoms with E-state index in [-0.39, 0.29) is 6.54 Å². The number of amides is 3. The predicted molar refractivity (Wildman–Crippen MR) is 59.2 cm³/mol. The molecule has 3 amide bonds. The molecule has 9 heteroatoms. The van der Waals surface area contributed by atoms with Crippen molar-refractivity contribution in [2.24, 2.45) is 5.73 Å². The lowest BCUT2D eigenvalue weighted by Crippen LogP contribution is -2.46. The molecule has 98 valence electrons. The van der Waals surface area contributed by atoms with Gasteiger partial charge in [0.25, 0.3) is 0 Å². The number of nitrogens with two attached hydrogens (primary N) is 1. The zero-order valence-corrected chi connectivity index (χ0v) is 9.42. The van der Waals surface area contributed by atoms with Crippen LogP contribution in [0.3, 0.4) is 0 Å². The van der Waals surface area contributed by atoms with Crippen molar-refractivity contribution in [3.63, 3.8) is 0 Å². The summed E-state index contributed by atoms with van der Waals surface area (Å²) in [7, 11) is 0. The Morgan fingerprint density at radius 2 is 2.17 bits per heavy atom. The number of aromatic amines is 1. The number of carbonyl (C=O) groups excluding carboxylic acids is 2. The standard InChI is InChI=1S/C9H13N5O4/c10-6(15)4-14(5-8(16)17)9(18)13-3-7-11-1-2-12-7/h1-2H,3-5H2,(H2,10,15)(H,11,12)(H,13,18)(H,16,17). The topological polar surface area (TPSA) is 141 Å². The second-order valence-corrected chi connectivity index (χ2v) is 3.41. The molecule has 1 aromatic rings. The summed E-state index contributed by atoms with van der Waals surface area (Å²) in [6, 6.07) is -0.701. The number of nitrogens with zero attached hydrogens (tertiary/aromatic N) is 2. The lowest BCUT2D eigenvalue weighted by molar-refractivity contribution is -0.137. The van der Waals surface area contributed by atoms with E-state index in [0.717, 1.165) is 4.90 Å². The van der Waals surface area contributed by atoms with E-state index >= 15 is 0 Å². The molecule has 0 aliphatic rings. The molecule has 0 fully saturated rings. The van der Waals surface area contributed by atoms with Gasteiger partial charge < -0.3 is 26.0 Å². The van der Waals surface area contributed by atoms with Crippen molar-refractivity contribution < 1.29 is 19.5 Å². The number of nitrogens with one attached hydrogen (secondary N) is 2. The van der Waals surface area contributed by atoms with Gasteiger partial charge in [-0.25, -0.2) is 9.78 Å². The Labute approximate surface area is 102 Å². The van der Waals surface area contributed by atoms with Crippen molar-refractivity contribution in [1.29, 1.82) is 0 Å². The molecule has 0 aliphatic carbocycles. The van der Waals surface area contributed by atoms with Crippen LogP contribution in [0, 0.1) is 0 Å². The average Bonchev–Trinajstić information content (AvgIpc) is 2.76. The van der Waals surface area contributed by atoms with Gasteiger partial charge in [-0.3, -0.25) is 9.59 Å². The normalized spacial score (nSPS) is 9.78. The predicted octanol–water partition coefficient (Wildman–Crippen LogP) is -1.51. The molecule has 1 rings (SSSR count). The molecular formula is C9H13N5O4. The highest BCUT2D eigenvalue weighted by Gasteiger charge is 2.18. The van der Waals surface area contributed by atoms with Crippen LogP contribution in [0.4, 0.5) is 4.79 Å². The molecule has 0 atom stereocenters. The van der Waals surface area contributed by atoms with E-state index in [1.165, 1.54) is 6.20 Å². The van der Waals surface area contributed by atoms with Gasteiger partial charge in [-0.05, 0) is 0 Å². The van der Waals surface area contributed by atoms with Crippen molar-refractivity contribution in [3.05, 3.63) is 18.2 Å². The van der Waals surface area contributed by atoms with E-state index in [9.17, 15) is 14.4 Å². The van der Waals surface area contributed by atoms with E-state index in [1.54, 1.807) is 6.20 Å². The number of carbonyl (C=O) groups is 3. The monoisotopic (exact) mass is 255 g/mol. The highest BCUT2D eigenvalue weighted by molar-refractivity contribution is 5.85. The van der Waals surface area contributed by atoms with E-state index in [1.807, 2.05) is 0 Å². The molecule has 1 heterocycles. The largest absolute Gasteiger partial charge is 0.480 e. The van der Waals surface area contributed by atoms with Gasteiger partial charge in [0.2, 0.25) is 5.91 Å². The Kier molecular flexibility index (Phi) is 4.67. The minimum atomic E-state index is -1.23. The minimum absolute atomic E-state index is 0.0979. The van der Waals surface area contributed by atoms with Crippen molar-refractivity contribution in [2.45, 2.75) is 6.54 Å². The summed E-state index contributed by atoms with van der Waals surface area (Å²) in [6.45, 7) is -0.968. The number of rotatable bonds is 6. The van der Waals surface area contributed by atoms with Gasteiger partial charge in [0.05, 0.1) is 6.54 Å². The quantitative estimate of drug-likeness (QED) is 0.489. The summed E-state index contributed by atoms with van der Waals surface area (Å²) in [4.78, 5) is 40.3. The van der Waals surface area contributed by atoms with Crippen LogP contribution in [0.15, 0.2) is 12.4 Å². The van der Waals surface area contributed by atoms with Crippen molar-refractivity contribution >= 4 is 17.9 Å². The van der Waals surface area contributed by atoms with E-state index in [4.69, 9.17) is 10.8 Å². The van der Waals surface area contributed by atoms with Crippen LogP contribution in [0.1, 0.15) is 5.82 Å². The van der Waals surface area contributed by atoms with Crippen molar-refractivity contribution in [1.82, 2.24) is 20.2 Å².